The van der Waals surface area contributed by atoms with Crippen LogP contribution in [-0.2, 0) is 5.41 Å². The van der Waals surface area contributed by atoms with E-state index in [0.717, 1.165) is 17.1 Å². The summed E-state index contributed by atoms with van der Waals surface area (Å²) in [7, 11) is 0. The second-order valence-corrected chi connectivity index (χ2v) is 16.9. The van der Waals surface area contributed by atoms with Gasteiger partial charge in [0.2, 0.25) is 0 Å². The fourth-order valence-electron chi connectivity index (χ4n) is 9.67. The van der Waals surface area contributed by atoms with Crippen LogP contribution >= 0.6 is 0 Å². The van der Waals surface area contributed by atoms with Gasteiger partial charge in [0.1, 0.15) is 0 Å². The van der Waals surface area contributed by atoms with Crippen LogP contribution < -0.4 is 4.90 Å². The van der Waals surface area contributed by atoms with Crippen molar-refractivity contribution in [3.05, 3.63) is 248 Å². The second-order valence-electron chi connectivity index (χ2n) is 16.9. The van der Waals surface area contributed by atoms with E-state index in [-0.39, 0.29) is 5.41 Å². The maximum absolute atomic E-state index is 2.37. The Morgan fingerprint density at radius 2 is 0.694 bits per heavy atom. The molecule has 0 amide bonds. The maximum atomic E-state index is 2.37. The van der Waals surface area contributed by atoms with E-state index >= 15 is 0 Å². The summed E-state index contributed by atoms with van der Waals surface area (Å²) in [6.45, 7) is 4.70. The van der Waals surface area contributed by atoms with Crippen molar-refractivity contribution in [1.29, 1.82) is 0 Å². The van der Waals surface area contributed by atoms with Gasteiger partial charge in [0, 0.05) is 22.5 Å². The number of nitrogens with zero attached hydrogens (tertiary/aromatic N) is 1. The minimum atomic E-state index is -0.0430. The molecule has 1 aliphatic rings. The van der Waals surface area contributed by atoms with Gasteiger partial charge in [0.15, 0.2) is 0 Å². The highest BCUT2D eigenvalue weighted by molar-refractivity contribution is 5.97. The van der Waals surface area contributed by atoms with Gasteiger partial charge in [-0.25, -0.2) is 0 Å². The molecule has 0 aromatic heterocycles. The quantitative estimate of drug-likeness (QED) is 0.148. The molecule has 11 rings (SSSR count). The lowest BCUT2D eigenvalue weighted by Gasteiger charge is -2.26. The highest BCUT2D eigenvalue weighted by Gasteiger charge is 2.36. The Hall–Kier alpha value is -7.74. The van der Waals surface area contributed by atoms with Crippen LogP contribution in [-0.4, -0.2) is 0 Å². The SMILES string of the molecule is CC1(C)c2ccccc2-c2c(-c3ccc(N(c4ccc(-c5ccc(-c6cccc7ccccc67)cc5)cc4)c4ccc(-c5cccc(-c6ccccc6)c5)cc4)cc3)cccc21. The fraction of sp³-hybridized carbons (Fsp3) is 0.0492. The first kappa shape index (κ1) is 37.3. The van der Waals surface area contributed by atoms with Gasteiger partial charge >= 0.3 is 0 Å². The molecule has 0 unspecified atom stereocenters. The largest absolute Gasteiger partial charge is 0.311 e. The molecule has 0 radical (unpaired) electrons. The summed E-state index contributed by atoms with van der Waals surface area (Å²) < 4.78 is 0. The highest BCUT2D eigenvalue weighted by atomic mass is 15.1. The Morgan fingerprint density at radius 3 is 1.37 bits per heavy atom. The molecule has 1 aliphatic carbocycles. The van der Waals surface area contributed by atoms with E-state index in [4.69, 9.17) is 0 Å². The van der Waals surface area contributed by atoms with E-state index in [1.54, 1.807) is 0 Å². The zero-order valence-corrected chi connectivity index (χ0v) is 35.0. The van der Waals surface area contributed by atoms with Gasteiger partial charge in [-0.1, -0.05) is 208 Å². The van der Waals surface area contributed by atoms with Crippen molar-refractivity contribution >= 4 is 27.8 Å². The van der Waals surface area contributed by atoms with E-state index in [0.29, 0.717) is 0 Å². The molecule has 0 spiro atoms. The molecule has 1 heteroatoms. The smallest absolute Gasteiger partial charge is 0.0462 e. The summed E-state index contributed by atoms with van der Waals surface area (Å²) in [6, 6.07) is 86.4. The highest BCUT2D eigenvalue weighted by Crippen LogP contribution is 2.52. The summed E-state index contributed by atoms with van der Waals surface area (Å²) in [4.78, 5) is 2.37. The van der Waals surface area contributed by atoms with Gasteiger partial charge in [0.05, 0.1) is 0 Å². The molecule has 62 heavy (non-hydrogen) atoms. The van der Waals surface area contributed by atoms with Crippen LogP contribution in [0.2, 0.25) is 0 Å². The van der Waals surface area contributed by atoms with Gasteiger partial charge in [-0.2, -0.15) is 0 Å². The standard InChI is InChI=1S/C61H45N/c1-61(2)58-23-9-8-20-57(58)60-56(22-12-24-59(60)61)48-33-39-53(40-34-48)62(52-37-31-45(32-38-52)50-18-10-17-49(41-50)42-13-4-3-5-14-42)51-35-29-44(30-36-51)43-25-27-47(28-26-43)55-21-11-16-46-15-6-7-19-54(46)55/h3-41H,1-2H3. The van der Waals surface area contributed by atoms with Gasteiger partial charge in [-0.05, 0) is 131 Å². The molecule has 10 aromatic carbocycles. The molecule has 0 saturated heterocycles. The summed E-state index contributed by atoms with van der Waals surface area (Å²) in [6.07, 6.45) is 0. The zero-order valence-electron chi connectivity index (χ0n) is 35.0. The zero-order chi connectivity index (χ0) is 41.6. The molecule has 0 N–H and O–H groups in total. The van der Waals surface area contributed by atoms with E-state index in [1.165, 1.54) is 88.7 Å². The molecular weight excluding hydrogens is 747 g/mol. The third-order valence-corrected chi connectivity index (χ3v) is 12.9. The van der Waals surface area contributed by atoms with E-state index < -0.39 is 0 Å². The molecule has 0 atom stereocenters. The first-order chi connectivity index (χ1) is 30.5. The first-order valence-electron chi connectivity index (χ1n) is 21.6. The van der Waals surface area contributed by atoms with Gasteiger partial charge in [-0.15, -0.1) is 0 Å². The molecule has 0 saturated carbocycles. The molecule has 0 bridgehead atoms. The van der Waals surface area contributed by atoms with Gasteiger partial charge in [-0.3, -0.25) is 0 Å². The van der Waals surface area contributed by atoms with Crippen LogP contribution in [0.15, 0.2) is 237 Å². The third kappa shape index (κ3) is 6.60. The van der Waals surface area contributed by atoms with Crippen molar-refractivity contribution in [2.45, 2.75) is 19.3 Å². The predicted octanol–water partition coefficient (Wildman–Crippen LogP) is 17.0. The minimum Gasteiger partial charge on any atom is -0.311 e. The Kier molecular flexibility index (Phi) is 9.24. The van der Waals surface area contributed by atoms with Crippen molar-refractivity contribution in [2.24, 2.45) is 0 Å². The average Bonchev–Trinajstić information content (AvgIpc) is 3.58. The van der Waals surface area contributed by atoms with Crippen LogP contribution in [0, 0.1) is 0 Å². The molecule has 294 valence electrons. The third-order valence-electron chi connectivity index (χ3n) is 12.9. The summed E-state index contributed by atoms with van der Waals surface area (Å²) >= 11 is 0. The van der Waals surface area contributed by atoms with Crippen LogP contribution in [0.1, 0.15) is 25.0 Å². The Labute approximate surface area is 364 Å². The van der Waals surface area contributed by atoms with Gasteiger partial charge < -0.3 is 4.90 Å². The number of anilines is 3. The Balaban J connectivity index is 0.947. The summed E-state index contributed by atoms with van der Waals surface area (Å²) in [5, 5.41) is 2.53. The second kappa shape index (κ2) is 15.4. The van der Waals surface area contributed by atoms with Crippen molar-refractivity contribution in [2.75, 3.05) is 4.90 Å². The van der Waals surface area contributed by atoms with Crippen molar-refractivity contribution < 1.29 is 0 Å². The Morgan fingerprint density at radius 1 is 0.290 bits per heavy atom. The van der Waals surface area contributed by atoms with Crippen LogP contribution in [0.4, 0.5) is 17.1 Å². The van der Waals surface area contributed by atoms with Crippen LogP contribution in [0.5, 0.6) is 0 Å². The number of hydrogen-bond acceptors (Lipinski definition) is 1. The molecule has 1 nitrogen and oxygen atoms in total. The fourth-order valence-corrected chi connectivity index (χ4v) is 9.67. The number of benzene rings is 10. The molecular formula is C61H45N. The molecule has 10 aromatic rings. The molecule has 0 heterocycles. The monoisotopic (exact) mass is 791 g/mol. The number of hydrogen-bond donors (Lipinski definition) is 0. The maximum Gasteiger partial charge on any atom is 0.0462 e. The van der Waals surface area contributed by atoms with Gasteiger partial charge in [0.25, 0.3) is 0 Å². The topological polar surface area (TPSA) is 3.24 Å². The average molecular weight is 792 g/mol. The molecule has 0 fully saturated rings. The Bertz CT molecular complexity index is 3210. The number of fused-ring (bicyclic) bond motifs is 4. The van der Waals surface area contributed by atoms with Crippen LogP contribution in [0.25, 0.3) is 77.5 Å². The molecule has 0 aliphatic heterocycles. The summed E-state index contributed by atoms with van der Waals surface area (Å²) in [5.74, 6) is 0. The van der Waals surface area contributed by atoms with Crippen molar-refractivity contribution in [3.63, 3.8) is 0 Å². The van der Waals surface area contributed by atoms with E-state index in [2.05, 4.69) is 255 Å². The lowest BCUT2D eigenvalue weighted by atomic mass is 9.82. The minimum absolute atomic E-state index is 0.0430. The van der Waals surface area contributed by atoms with E-state index in [1.807, 2.05) is 0 Å². The first-order valence-corrected chi connectivity index (χ1v) is 21.6. The lowest BCUT2D eigenvalue weighted by molar-refractivity contribution is 0.660. The van der Waals surface area contributed by atoms with Crippen molar-refractivity contribution in [3.8, 4) is 66.8 Å². The van der Waals surface area contributed by atoms with Crippen molar-refractivity contribution in [1.82, 2.24) is 0 Å². The van der Waals surface area contributed by atoms with E-state index in [9.17, 15) is 0 Å². The summed E-state index contributed by atoms with van der Waals surface area (Å²) in [5.41, 5.74) is 20.9. The normalized spacial score (nSPS) is 12.5. The van der Waals surface area contributed by atoms with Crippen LogP contribution in [0.3, 0.4) is 0 Å². The lowest BCUT2D eigenvalue weighted by Crippen LogP contribution is -2.14. The predicted molar refractivity (Wildman–Crippen MR) is 263 cm³/mol. The number of rotatable bonds is 8.